The first kappa shape index (κ1) is 36.3. The molecule has 3 saturated heterocycles. The van der Waals surface area contributed by atoms with Crippen LogP contribution in [0.3, 0.4) is 0 Å². The summed E-state index contributed by atoms with van der Waals surface area (Å²) < 4.78 is 4.83. The third kappa shape index (κ3) is 7.66. The third-order valence-corrected chi connectivity index (χ3v) is 11.5. The van der Waals surface area contributed by atoms with Crippen molar-refractivity contribution in [3.63, 3.8) is 0 Å². The van der Waals surface area contributed by atoms with Gasteiger partial charge in [0.15, 0.2) is 0 Å². The lowest BCUT2D eigenvalue weighted by molar-refractivity contribution is -0.134. The quantitative estimate of drug-likeness (QED) is 0.221. The highest BCUT2D eigenvalue weighted by Crippen LogP contribution is 2.35. The van der Waals surface area contributed by atoms with Gasteiger partial charge in [0.05, 0.1) is 43.7 Å². The Morgan fingerprint density at radius 1 is 0.800 bits per heavy atom. The number of aliphatic imine (C=N–C) groups is 1. The number of urea groups is 1. The summed E-state index contributed by atoms with van der Waals surface area (Å²) in [6.45, 7) is 5.39. The number of benzene rings is 3. The fraction of sp³-hybridized carbons (Fsp3) is 0.405. The molecular weight excluding hydrogens is 695 g/mol. The second kappa shape index (κ2) is 16.0. The summed E-state index contributed by atoms with van der Waals surface area (Å²) in [5, 5.41) is 6.38. The number of imidazole rings is 1. The molecule has 3 aromatic carbocycles. The molecule has 3 N–H and O–H groups in total. The molecule has 0 saturated carbocycles. The van der Waals surface area contributed by atoms with Gasteiger partial charge in [-0.2, -0.15) is 0 Å². The van der Waals surface area contributed by atoms with Gasteiger partial charge in [0.2, 0.25) is 0 Å². The molecule has 4 atom stereocenters. The van der Waals surface area contributed by atoms with Crippen LogP contribution in [-0.4, -0.2) is 119 Å². The Morgan fingerprint density at radius 2 is 1.45 bits per heavy atom. The molecule has 0 spiro atoms. The molecule has 286 valence electrons. The second-order valence-electron chi connectivity index (χ2n) is 14.9. The van der Waals surface area contributed by atoms with Gasteiger partial charge in [-0.1, -0.05) is 78.9 Å². The van der Waals surface area contributed by atoms with Crippen molar-refractivity contribution in [2.75, 3.05) is 60.0 Å². The minimum Gasteiger partial charge on any atom is -0.453 e. The van der Waals surface area contributed by atoms with E-state index in [4.69, 9.17) is 14.7 Å². The maximum atomic E-state index is 13.9. The Morgan fingerprint density at radius 3 is 2.16 bits per heavy atom. The SMILES string of the molecule is COC(=O)N[C@@H](C(=O)N1CCC[C@H]1c1ncc(-c2ccc(-c3ccc(C4CN=C([C@@H]5CCCN5C(=O)N5CCN(C)CC5)N4)cc3)cc2)[nH]1)c1ccccc1. The number of likely N-dealkylation sites (N-methyl/N-ethyl adjacent to an activating group) is 1. The molecule has 3 fully saturated rings. The van der Waals surface area contributed by atoms with Gasteiger partial charge >= 0.3 is 12.1 Å². The van der Waals surface area contributed by atoms with Gasteiger partial charge in [0, 0.05) is 39.3 Å². The number of rotatable bonds is 8. The zero-order valence-corrected chi connectivity index (χ0v) is 31.5. The molecule has 0 radical (unpaired) electrons. The molecule has 4 amide bonds. The molecule has 1 unspecified atom stereocenters. The number of nitrogens with zero attached hydrogens (tertiary/aromatic N) is 6. The summed E-state index contributed by atoms with van der Waals surface area (Å²) >= 11 is 0. The lowest BCUT2D eigenvalue weighted by Gasteiger charge is -2.36. The fourth-order valence-corrected chi connectivity index (χ4v) is 8.30. The molecule has 4 aliphatic rings. The number of likely N-dealkylation sites (tertiary alicyclic amines) is 2. The summed E-state index contributed by atoms with van der Waals surface area (Å²) in [5.74, 6) is 1.46. The van der Waals surface area contributed by atoms with Crippen molar-refractivity contribution in [1.82, 2.24) is 40.2 Å². The monoisotopic (exact) mass is 743 g/mol. The number of carbonyl (C=O) groups excluding carboxylic acids is 3. The maximum absolute atomic E-state index is 13.9. The van der Waals surface area contributed by atoms with Crippen molar-refractivity contribution >= 4 is 23.9 Å². The van der Waals surface area contributed by atoms with Gasteiger partial charge in [-0.3, -0.25) is 9.79 Å². The average Bonchev–Trinajstić information content (AvgIpc) is 4.07. The van der Waals surface area contributed by atoms with Gasteiger partial charge in [0.25, 0.3) is 5.91 Å². The molecule has 1 aromatic heterocycles. The maximum Gasteiger partial charge on any atom is 0.407 e. The molecule has 4 aliphatic heterocycles. The van der Waals surface area contributed by atoms with E-state index in [0.29, 0.717) is 18.7 Å². The average molecular weight is 744 g/mol. The number of piperazine rings is 1. The predicted octanol–water partition coefficient (Wildman–Crippen LogP) is 5.38. The van der Waals surface area contributed by atoms with E-state index in [1.54, 1.807) is 4.90 Å². The summed E-state index contributed by atoms with van der Waals surface area (Å²) in [6, 6.07) is 25.4. The minimum absolute atomic E-state index is 0.0165. The van der Waals surface area contributed by atoms with Crippen LogP contribution in [0.15, 0.2) is 90.1 Å². The predicted molar refractivity (Wildman–Crippen MR) is 210 cm³/mol. The number of methoxy groups -OCH3 is 1. The highest BCUT2D eigenvalue weighted by molar-refractivity contribution is 5.93. The van der Waals surface area contributed by atoms with Crippen molar-refractivity contribution in [2.24, 2.45) is 4.99 Å². The number of nitrogens with one attached hydrogen (secondary N) is 3. The summed E-state index contributed by atoms with van der Waals surface area (Å²) in [7, 11) is 3.39. The van der Waals surface area contributed by atoms with Crippen LogP contribution < -0.4 is 10.6 Å². The zero-order chi connectivity index (χ0) is 37.9. The van der Waals surface area contributed by atoms with E-state index in [9.17, 15) is 14.4 Å². The molecule has 55 heavy (non-hydrogen) atoms. The second-order valence-corrected chi connectivity index (χ2v) is 14.9. The van der Waals surface area contributed by atoms with Gasteiger partial charge in [0.1, 0.15) is 17.7 Å². The number of hydrogen-bond acceptors (Lipinski definition) is 8. The molecule has 13 heteroatoms. The number of H-pyrrole nitrogens is 1. The van der Waals surface area contributed by atoms with Crippen LogP contribution >= 0.6 is 0 Å². The van der Waals surface area contributed by atoms with E-state index >= 15 is 0 Å². The van der Waals surface area contributed by atoms with Crippen molar-refractivity contribution < 1.29 is 19.1 Å². The number of hydrogen-bond donors (Lipinski definition) is 3. The van der Waals surface area contributed by atoms with E-state index in [2.05, 4.69) is 76.1 Å². The van der Waals surface area contributed by atoms with Crippen LogP contribution in [0, 0.1) is 0 Å². The number of amidine groups is 1. The highest BCUT2D eigenvalue weighted by atomic mass is 16.5. The van der Waals surface area contributed by atoms with Crippen molar-refractivity contribution in [3.05, 3.63) is 102 Å². The molecule has 8 rings (SSSR count). The Kier molecular flexibility index (Phi) is 10.5. The fourth-order valence-electron chi connectivity index (χ4n) is 8.30. The molecular formula is C42H49N9O4. The lowest BCUT2D eigenvalue weighted by Crippen LogP contribution is -2.55. The Balaban J connectivity index is 0.891. The molecule has 4 aromatic rings. The van der Waals surface area contributed by atoms with Crippen molar-refractivity contribution in [1.29, 1.82) is 0 Å². The molecule has 0 bridgehead atoms. The van der Waals surface area contributed by atoms with Gasteiger partial charge in [-0.25, -0.2) is 14.6 Å². The van der Waals surface area contributed by atoms with Crippen LogP contribution in [0.4, 0.5) is 9.59 Å². The smallest absolute Gasteiger partial charge is 0.407 e. The topological polar surface area (TPSA) is 138 Å². The first-order valence-electron chi connectivity index (χ1n) is 19.4. The van der Waals surface area contributed by atoms with E-state index in [-0.39, 0.29) is 30.1 Å². The van der Waals surface area contributed by atoms with E-state index in [1.165, 1.54) is 12.7 Å². The first-order valence-corrected chi connectivity index (χ1v) is 19.4. The number of carbonyl (C=O) groups is 3. The van der Waals surface area contributed by atoms with Crippen molar-refractivity contribution in [2.45, 2.75) is 49.9 Å². The van der Waals surface area contributed by atoms with E-state index in [0.717, 1.165) is 92.5 Å². The normalized spacial score (nSPS) is 22.0. The number of aromatic amines is 1. The lowest BCUT2D eigenvalue weighted by atomic mass is 9.99. The van der Waals surface area contributed by atoms with Gasteiger partial charge < -0.3 is 40.0 Å². The Labute approximate surface area is 321 Å². The van der Waals surface area contributed by atoms with Crippen LogP contribution in [0.5, 0.6) is 0 Å². The van der Waals surface area contributed by atoms with Crippen LogP contribution in [-0.2, 0) is 9.53 Å². The summed E-state index contributed by atoms with van der Waals surface area (Å²) in [5.41, 5.74) is 5.96. The zero-order valence-electron chi connectivity index (χ0n) is 31.5. The third-order valence-electron chi connectivity index (χ3n) is 11.5. The van der Waals surface area contributed by atoms with Crippen LogP contribution in [0.2, 0.25) is 0 Å². The number of aromatic nitrogens is 2. The highest BCUT2D eigenvalue weighted by Gasteiger charge is 2.39. The first-order chi connectivity index (χ1) is 26.9. The number of alkyl carbamates (subject to hydrolysis) is 1. The number of ether oxygens (including phenoxy) is 1. The summed E-state index contributed by atoms with van der Waals surface area (Å²) in [6.07, 6.45) is 4.71. The standard InChI is InChI=1S/C42H49N9O4/c1-48-22-24-49(25-23-48)42(54)51-21-7-11-36(51)39-44-27-34(46-39)31-18-14-29(15-19-31)28-12-16-30(17-13-28)33-26-43-38(45-33)35-10-6-20-50(35)40(52)37(47-41(53)55-2)32-8-4-3-5-9-32/h3-5,8-9,12-19,26,34-37H,6-7,10-11,20-25,27H2,1-2H3,(H,43,45)(H,44,46)(H,47,53)/t34?,35-,36-,37+/m0/s1. The Bertz CT molecular complexity index is 2010. The van der Waals surface area contributed by atoms with Gasteiger partial charge in [-0.05, 0) is 60.5 Å². The Hall–Kier alpha value is -5.69. The van der Waals surface area contributed by atoms with Crippen LogP contribution in [0.25, 0.3) is 22.4 Å². The van der Waals surface area contributed by atoms with Gasteiger partial charge in [-0.15, -0.1) is 0 Å². The van der Waals surface area contributed by atoms with Crippen LogP contribution in [0.1, 0.15) is 60.8 Å². The largest absolute Gasteiger partial charge is 0.453 e. The molecule has 13 nitrogen and oxygen atoms in total. The summed E-state index contributed by atoms with van der Waals surface area (Å²) in [4.78, 5) is 60.6. The van der Waals surface area contributed by atoms with Crippen molar-refractivity contribution in [3.8, 4) is 22.4 Å². The molecule has 0 aliphatic carbocycles. The number of amides is 4. The molecule has 5 heterocycles. The minimum atomic E-state index is -0.863. The van der Waals surface area contributed by atoms with E-state index < -0.39 is 12.1 Å². The van der Waals surface area contributed by atoms with E-state index in [1.807, 2.05) is 46.3 Å².